The average molecular weight is 240 g/mol. The molecular weight excluding hydrogens is 216 g/mol. The first kappa shape index (κ1) is 12.8. The van der Waals surface area contributed by atoms with Crippen LogP contribution < -0.4 is 5.32 Å². The van der Waals surface area contributed by atoms with Gasteiger partial charge in [-0.05, 0) is 64.6 Å². The van der Waals surface area contributed by atoms with Gasteiger partial charge in [-0.15, -0.1) is 0 Å². The largest absolute Gasteiger partial charge is 0.480 e. The van der Waals surface area contributed by atoms with Crippen molar-refractivity contribution < 1.29 is 9.90 Å². The molecule has 2 fully saturated rings. The van der Waals surface area contributed by atoms with E-state index in [9.17, 15) is 4.79 Å². The quantitative estimate of drug-likeness (QED) is 0.777. The summed E-state index contributed by atoms with van der Waals surface area (Å²) in [6.45, 7) is 5.07. The van der Waals surface area contributed by atoms with Gasteiger partial charge in [-0.25, -0.2) is 0 Å². The van der Waals surface area contributed by atoms with Crippen molar-refractivity contribution in [2.24, 2.45) is 11.8 Å². The Kier molecular flexibility index (Phi) is 3.73. The zero-order valence-electron chi connectivity index (χ0n) is 10.9. The van der Waals surface area contributed by atoms with E-state index in [0.29, 0.717) is 5.92 Å². The summed E-state index contributed by atoms with van der Waals surface area (Å²) in [4.78, 5) is 13.5. The smallest absolute Gasteiger partial charge is 0.323 e. The molecule has 2 aliphatic rings. The van der Waals surface area contributed by atoms with Crippen LogP contribution in [0.4, 0.5) is 0 Å². The van der Waals surface area contributed by atoms with Crippen molar-refractivity contribution in [1.82, 2.24) is 10.2 Å². The number of nitrogens with zero attached hydrogens (tertiary/aromatic N) is 1. The van der Waals surface area contributed by atoms with Gasteiger partial charge in [-0.2, -0.15) is 0 Å². The van der Waals surface area contributed by atoms with E-state index in [2.05, 4.69) is 17.3 Å². The Morgan fingerprint density at radius 1 is 1.53 bits per heavy atom. The molecule has 0 bridgehead atoms. The molecule has 0 amide bonds. The van der Waals surface area contributed by atoms with Gasteiger partial charge in [0.2, 0.25) is 0 Å². The lowest BCUT2D eigenvalue weighted by Gasteiger charge is -2.31. The lowest BCUT2D eigenvalue weighted by atomic mass is 9.85. The highest BCUT2D eigenvalue weighted by atomic mass is 16.4. The lowest BCUT2D eigenvalue weighted by molar-refractivity contribution is -0.143. The van der Waals surface area contributed by atoms with Crippen molar-refractivity contribution in [1.29, 1.82) is 0 Å². The molecule has 0 spiro atoms. The Hall–Kier alpha value is -0.610. The summed E-state index contributed by atoms with van der Waals surface area (Å²) >= 11 is 0. The number of rotatable bonds is 3. The van der Waals surface area contributed by atoms with Gasteiger partial charge in [0.05, 0.1) is 0 Å². The zero-order chi connectivity index (χ0) is 12.5. The summed E-state index contributed by atoms with van der Waals surface area (Å²) in [6, 6.07) is 0. The molecule has 0 aliphatic carbocycles. The van der Waals surface area contributed by atoms with Crippen LogP contribution in [-0.2, 0) is 4.79 Å². The molecule has 98 valence electrons. The molecule has 3 atom stereocenters. The van der Waals surface area contributed by atoms with Gasteiger partial charge >= 0.3 is 5.97 Å². The highest BCUT2D eigenvalue weighted by Crippen LogP contribution is 2.31. The van der Waals surface area contributed by atoms with Gasteiger partial charge in [0.1, 0.15) is 5.54 Å². The maximum absolute atomic E-state index is 11.1. The third kappa shape index (κ3) is 2.99. The van der Waals surface area contributed by atoms with E-state index < -0.39 is 11.5 Å². The number of likely N-dealkylation sites (tertiary alicyclic amines) is 1. The van der Waals surface area contributed by atoms with Crippen LogP contribution in [0.1, 0.15) is 32.6 Å². The Morgan fingerprint density at radius 3 is 2.88 bits per heavy atom. The molecule has 2 heterocycles. The fourth-order valence-corrected chi connectivity index (χ4v) is 3.36. The minimum Gasteiger partial charge on any atom is -0.480 e. The van der Waals surface area contributed by atoms with Crippen molar-refractivity contribution in [3.8, 4) is 0 Å². The van der Waals surface area contributed by atoms with E-state index in [0.717, 1.165) is 18.9 Å². The topological polar surface area (TPSA) is 52.6 Å². The normalized spacial score (nSPS) is 39.4. The summed E-state index contributed by atoms with van der Waals surface area (Å²) in [5, 5.41) is 12.3. The van der Waals surface area contributed by atoms with Crippen LogP contribution in [0.25, 0.3) is 0 Å². The molecule has 2 aliphatic heterocycles. The monoisotopic (exact) mass is 240 g/mol. The van der Waals surface area contributed by atoms with Crippen molar-refractivity contribution in [3.63, 3.8) is 0 Å². The maximum atomic E-state index is 11.1. The third-order valence-electron chi connectivity index (χ3n) is 4.34. The Morgan fingerprint density at radius 2 is 2.29 bits per heavy atom. The van der Waals surface area contributed by atoms with Crippen LogP contribution in [0.3, 0.4) is 0 Å². The third-order valence-corrected chi connectivity index (χ3v) is 4.34. The predicted octanol–water partition coefficient (Wildman–Crippen LogP) is 1.17. The van der Waals surface area contributed by atoms with Crippen molar-refractivity contribution in [2.45, 2.75) is 38.1 Å². The summed E-state index contributed by atoms with van der Waals surface area (Å²) < 4.78 is 0. The zero-order valence-corrected chi connectivity index (χ0v) is 10.9. The number of carboxylic acids is 1. The maximum Gasteiger partial charge on any atom is 0.323 e. The van der Waals surface area contributed by atoms with Gasteiger partial charge in [0.25, 0.3) is 0 Å². The molecule has 17 heavy (non-hydrogen) atoms. The molecule has 0 aromatic heterocycles. The molecule has 2 N–H and O–H groups in total. The number of hydrogen-bond acceptors (Lipinski definition) is 3. The second kappa shape index (κ2) is 4.94. The Labute approximate surface area is 103 Å². The number of piperidine rings is 1. The fourth-order valence-electron chi connectivity index (χ4n) is 3.36. The van der Waals surface area contributed by atoms with E-state index in [1.807, 2.05) is 6.92 Å². The van der Waals surface area contributed by atoms with Gasteiger partial charge in [0.15, 0.2) is 0 Å². The van der Waals surface area contributed by atoms with Crippen LogP contribution in [0.5, 0.6) is 0 Å². The van der Waals surface area contributed by atoms with Crippen molar-refractivity contribution in [2.75, 3.05) is 26.7 Å². The van der Waals surface area contributed by atoms with Crippen LogP contribution in [0, 0.1) is 11.8 Å². The number of aliphatic carboxylic acids is 1. The second-order valence-corrected chi connectivity index (χ2v) is 6.09. The molecule has 4 nitrogen and oxygen atoms in total. The van der Waals surface area contributed by atoms with Crippen LogP contribution in [0.2, 0.25) is 0 Å². The first-order valence-electron chi connectivity index (χ1n) is 6.66. The average Bonchev–Trinajstić information content (AvgIpc) is 2.61. The van der Waals surface area contributed by atoms with E-state index in [-0.39, 0.29) is 0 Å². The standard InChI is InChI=1S/C13H24N2O2/c1-13(12(16)17)7-11(8-14-13)6-10-4-3-5-15(2)9-10/h10-11,14H,3-9H2,1-2H3,(H,16,17). The molecule has 0 radical (unpaired) electrons. The summed E-state index contributed by atoms with van der Waals surface area (Å²) in [7, 11) is 2.18. The van der Waals surface area contributed by atoms with Crippen LogP contribution in [-0.4, -0.2) is 48.2 Å². The van der Waals surface area contributed by atoms with Crippen molar-refractivity contribution in [3.05, 3.63) is 0 Å². The first-order valence-corrected chi connectivity index (χ1v) is 6.66. The molecule has 0 aromatic carbocycles. The van der Waals surface area contributed by atoms with E-state index in [4.69, 9.17) is 5.11 Å². The van der Waals surface area contributed by atoms with Gasteiger partial charge < -0.3 is 15.3 Å². The highest BCUT2D eigenvalue weighted by molar-refractivity contribution is 5.78. The van der Waals surface area contributed by atoms with E-state index in [1.54, 1.807) is 0 Å². The molecule has 2 rings (SSSR count). The first-order chi connectivity index (χ1) is 7.99. The molecule has 0 aromatic rings. The molecular formula is C13H24N2O2. The molecule has 0 saturated carbocycles. The lowest BCUT2D eigenvalue weighted by Crippen LogP contribution is -2.44. The molecule has 2 saturated heterocycles. The Balaban J connectivity index is 1.83. The number of hydrogen-bond donors (Lipinski definition) is 2. The minimum atomic E-state index is -0.708. The van der Waals surface area contributed by atoms with Crippen LogP contribution >= 0.6 is 0 Å². The van der Waals surface area contributed by atoms with Crippen molar-refractivity contribution >= 4 is 5.97 Å². The second-order valence-electron chi connectivity index (χ2n) is 6.09. The number of carbonyl (C=O) groups is 1. The SMILES string of the molecule is CN1CCCC(CC2CNC(C)(C(=O)O)C2)C1. The van der Waals surface area contributed by atoms with Crippen LogP contribution in [0.15, 0.2) is 0 Å². The number of carboxylic acid groups (broad SMARTS) is 1. The minimum absolute atomic E-state index is 0.535. The fraction of sp³-hybridized carbons (Fsp3) is 0.923. The van der Waals surface area contributed by atoms with Gasteiger partial charge in [0, 0.05) is 6.54 Å². The summed E-state index contributed by atoms with van der Waals surface area (Å²) in [5.41, 5.74) is -0.689. The molecule has 3 unspecified atom stereocenters. The van der Waals surface area contributed by atoms with E-state index in [1.165, 1.54) is 32.4 Å². The summed E-state index contributed by atoms with van der Waals surface area (Å²) in [5.74, 6) is 0.588. The number of nitrogens with one attached hydrogen (secondary N) is 1. The van der Waals surface area contributed by atoms with Gasteiger partial charge in [-0.3, -0.25) is 4.79 Å². The highest BCUT2D eigenvalue weighted by Gasteiger charge is 2.41. The molecule has 4 heteroatoms. The van der Waals surface area contributed by atoms with Gasteiger partial charge in [-0.1, -0.05) is 0 Å². The predicted molar refractivity (Wildman–Crippen MR) is 67.0 cm³/mol. The van der Waals surface area contributed by atoms with E-state index >= 15 is 0 Å². The Bertz CT molecular complexity index is 295. The summed E-state index contributed by atoms with van der Waals surface area (Å²) in [6.07, 6.45) is 4.56.